The van der Waals surface area contributed by atoms with Gasteiger partial charge in [0.2, 0.25) is 0 Å². The predicted molar refractivity (Wildman–Crippen MR) is 140 cm³/mol. The molecule has 3 aliphatic carbocycles. The zero-order valence-corrected chi connectivity index (χ0v) is 20.8. The lowest BCUT2D eigenvalue weighted by Gasteiger charge is -2.47. The van der Waals surface area contributed by atoms with Crippen LogP contribution in [0.25, 0.3) is 43.2 Å². The first kappa shape index (κ1) is 23.2. The van der Waals surface area contributed by atoms with E-state index in [1.54, 1.807) is 11.3 Å². The molecule has 4 aromatic heterocycles. The summed E-state index contributed by atoms with van der Waals surface area (Å²) < 4.78 is 28.9. The molecule has 11 heteroatoms. The predicted octanol–water partition coefficient (Wildman–Crippen LogP) is 5.88. The molecule has 4 heterocycles. The summed E-state index contributed by atoms with van der Waals surface area (Å²) in [7, 11) is 0. The molecule has 0 aliphatic heterocycles. The minimum absolute atomic E-state index is 0.0137. The summed E-state index contributed by atoms with van der Waals surface area (Å²) in [4.78, 5) is 26.2. The summed E-state index contributed by atoms with van der Waals surface area (Å²) in [6, 6.07) is 12.6. The number of pyridine rings is 1. The molecular weight excluding hydrogens is 510 g/mol. The summed E-state index contributed by atoms with van der Waals surface area (Å²) in [5.41, 5.74) is 0.946. The molecule has 5 aromatic rings. The molecule has 3 saturated carbocycles. The maximum absolute atomic E-state index is 14.1. The number of aromatic nitrogens is 5. The number of hydrogen-bond acceptors (Lipinski definition) is 7. The van der Waals surface area contributed by atoms with Gasteiger partial charge in [-0.05, 0) is 61.1 Å². The zero-order chi connectivity index (χ0) is 26.0. The Morgan fingerprint density at radius 2 is 1.82 bits per heavy atom. The first-order valence-electron chi connectivity index (χ1n) is 12.5. The SMILES string of the molecule is O=C(O)[C@H]1C2CCC(CC2)[C@@H]1Nc1cc(-c2cc3ccccc3s2)nc(-c2[nH]nc3nc(F)c(F)cc23)n1. The van der Waals surface area contributed by atoms with E-state index in [2.05, 4.69) is 20.5 Å². The van der Waals surface area contributed by atoms with Crippen LogP contribution in [0, 0.1) is 29.5 Å². The number of halogens is 2. The zero-order valence-electron chi connectivity index (χ0n) is 20.0. The van der Waals surface area contributed by atoms with E-state index in [9.17, 15) is 18.7 Å². The Kier molecular flexibility index (Phi) is 5.36. The van der Waals surface area contributed by atoms with Crippen molar-refractivity contribution in [3.05, 3.63) is 54.2 Å². The van der Waals surface area contributed by atoms with Crippen LogP contribution in [-0.2, 0) is 4.79 Å². The van der Waals surface area contributed by atoms with Crippen LogP contribution in [0.4, 0.5) is 14.6 Å². The molecule has 8 nitrogen and oxygen atoms in total. The number of H-pyrrole nitrogens is 1. The van der Waals surface area contributed by atoms with E-state index < -0.39 is 23.7 Å². The number of anilines is 1. The fraction of sp³-hybridized carbons (Fsp3) is 0.296. The van der Waals surface area contributed by atoms with E-state index in [1.807, 2.05) is 36.4 Å². The molecule has 2 bridgehead atoms. The number of aliphatic carboxylic acids is 1. The first-order valence-corrected chi connectivity index (χ1v) is 13.3. The number of carbonyl (C=O) groups is 1. The van der Waals surface area contributed by atoms with Crippen LogP contribution in [0.15, 0.2) is 42.5 Å². The second-order valence-corrected chi connectivity index (χ2v) is 11.1. The van der Waals surface area contributed by atoms with E-state index in [0.717, 1.165) is 46.7 Å². The van der Waals surface area contributed by atoms with Crippen molar-refractivity contribution in [2.24, 2.45) is 17.8 Å². The van der Waals surface area contributed by atoms with Crippen LogP contribution in [0.3, 0.4) is 0 Å². The Balaban J connectivity index is 1.37. The fourth-order valence-corrected chi connectivity index (χ4v) is 7.14. The molecule has 0 unspecified atom stereocenters. The third-order valence-electron chi connectivity index (χ3n) is 7.90. The van der Waals surface area contributed by atoms with Gasteiger partial charge in [-0.15, -0.1) is 11.3 Å². The number of fused-ring (bicyclic) bond motifs is 5. The van der Waals surface area contributed by atoms with Crippen molar-refractivity contribution in [3.63, 3.8) is 0 Å². The highest BCUT2D eigenvalue weighted by Gasteiger charge is 2.47. The van der Waals surface area contributed by atoms with Crippen LogP contribution < -0.4 is 5.32 Å². The van der Waals surface area contributed by atoms with Gasteiger partial charge >= 0.3 is 5.97 Å². The number of carboxylic acids is 1. The number of rotatable bonds is 5. The molecule has 3 N–H and O–H groups in total. The van der Waals surface area contributed by atoms with Crippen LogP contribution in [-0.4, -0.2) is 42.3 Å². The Bertz CT molecular complexity index is 1680. The largest absolute Gasteiger partial charge is 0.481 e. The Morgan fingerprint density at radius 1 is 1.03 bits per heavy atom. The van der Waals surface area contributed by atoms with Crippen molar-refractivity contribution in [2.45, 2.75) is 31.7 Å². The number of nitrogens with zero attached hydrogens (tertiary/aromatic N) is 4. The highest BCUT2D eigenvalue weighted by atomic mass is 32.1. The van der Waals surface area contributed by atoms with Gasteiger partial charge in [0.1, 0.15) is 11.5 Å². The summed E-state index contributed by atoms with van der Waals surface area (Å²) in [6.45, 7) is 0. The van der Waals surface area contributed by atoms with Crippen LogP contribution >= 0.6 is 11.3 Å². The third-order valence-corrected chi connectivity index (χ3v) is 9.04. The van der Waals surface area contributed by atoms with Crippen molar-refractivity contribution in [1.82, 2.24) is 25.1 Å². The molecule has 3 fully saturated rings. The normalized spacial score (nSPS) is 22.8. The van der Waals surface area contributed by atoms with Crippen molar-refractivity contribution in [3.8, 4) is 22.1 Å². The maximum atomic E-state index is 14.1. The number of carboxylic acid groups (broad SMARTS) is 1. The average Bonchev–Trinajstić information content (AvgIpc) is 3.53. The van der Waals surface area contributed by atoms with Gasteiger partial charge in [0.15, 0.2) is 17.3 Å². The van der Waals surface area contributed by atoms with Gasteiger partial charge in [-0.3, -0.25) is 9.89 Å². The van der Waals surface area contributed by atoms with E-state index in [0.29, 0.717) is 17.2 Å². The molecule has 192 valence electrons. The molecule has 0 saturated heterocycles. The minimum atomic E-state index is -1.23. The van der Waals surface area contributed by atoms with E-state index in [-0.39, 0.29) is 34.7 Å². The van der Waals surface area contributed by atoms with Gasteiger partial charge in [-0.25, -0.2) is 14.4 Å². The second-order valence-electron chi connectivity index (χ2n) is 10.1. The van der Waals surface area contributed by atoms with Gasteiger partial charge in [-0.2, -0.15) is 14.5 Å². The van der Waals surface area contributed by atoms with Gasteiger partial charge in [-0.1, -0.05) is 18.2 Å². The summed E-state index contributed by atoms with van der Waals surface area (Å²) in [5.74, 6) is -2.54. The lowest BCUT2D eigenvalue weighted by molar-refractivity contribution is -0.148. The van der Waals surface area contributed by atoms with Crippen LogP contribution in [0.1, 0.15) is 25.7 Å². The number of hydrogen-bond donors (Lipinski definition) is 3. The molecule has 0 spiro atoms. The number of thiophene rings is 1. The number of benzene rings is 1. The fourth-order valence-electron chi connectivity index (χ4n) is 6.12. The van der Waals surface area contributed by atoms with Gasteiger partial charge in [0, 0.05) is 16.8 Å². The molecule has 8 rings (SSSR count). The molecule has 2 atom stereocenters. The maximum Gasteiger partial charge on any atom is 0.308 e. The van der Waals surface area contributed by atoms with Crippen LogP contribution in [0.5, 0.6) is 0 Å². The molecule has 0 radical (unpaired) electrons. The minimum Gasteiger partial charge on any atom is -0.481 e. The van der Waals surface area contributed by atoms with E-state index >= 15 is 0 Å². The topological polar surface area (TPSA) is 117 Å². The molecule has 0 amide bonds. The Hall–Kier alpha value is -3.99. The van der Waals surface area contributed by atoms with Crippen molar-refractivity contribution in [1.29, 1.82) is 0 Å². The lowest BCUT2D eigenvalue weighted by atomic mass is 9.61. The highest BCUT2D eigenvalue weighted by Crippen LogP contribution is 2.46. The monoisotopic (exact) mass is 532 g/mol. The highest BCUT2D eigenvalue weighted by molar-refractivity contribution is 7.22. The number of nitrogens with one attached hydrogen (secondary N) is 2. The standard InChI is InChI=1S/C27H22F2N6O2S/c28-16-10-15-23(34-35-25(15)33-24(16)29)26-30-17(19-9-14-3-1-2-4-18(14)38-19)11-20(32-26)31-22-13-7-5-12(6-8-13)21(22)27(36)37/h1-4,9-13,21-22H,5-8H2,(H,36,37)(H,30,31,32)(H,33,34,35)/t12?,13?,21-,22-/m0/s1. The van der Waals surface area contributed by atoms with Crippen molar-refractivity contribution < 1.29 is 18.7 Å². The van der Waals surface area contributed by atoms with Crippen molar-refractivity contribution in [2.75, 3.05) is 5.32 Å². The molecular formula is C27H22F2N6O2S. The molecule has 1 aromatic carbocycles. The van der Waals surface area contributed by atoms with E-state index in [4.69, 9.17) is 9.97 Å². The van der Waals surface area contributed by atoms with Gasteiger partial charge < -0.3 is 10.4 Å². The average molecular weight is 533 g/mol. The smallest absolute Gasteiger partial charge is 0.308 e. The summed E-state index contributed by atoms with van der Waals surface area (Å²) in [6.07, 6.45) is 3.82. The van der Waals surface area contributed by atoms with Gasteiger partial charge in [0.25, 0.3) is 5.95 Å². The van der Waals surface area contributed by atoms with Crippen LogP contribution in [0.2, 0.25) is 0 Å². The van der Waals surface area contributed by atoms with E-state index in [1.165, 1.54) is 0 Å². The summed E-state index contributed by atoms with van der Waals surface area (Å²) >= 11 is 1.58. The second kappa shape index (κ2) is 8.80. The van der Waals surface area contributed by atoms with Gasteiger partial charge in [0.05, 0.1) is 21.9 Å². The Morgan fingerprint density at radius 3 is 2.61 bits per heavy atom. The quantitative estimate of drug-likeness (QED) is 0.242. The molecule has 3 aliphatic rings. The Labute approximate surface area is 219 Å². The lowest BCUT2D eigenvalue weighted by Crippen LogP contribution is -2.51. The third kappa shape index (κ3) is 3.80. The molecule has 38 heavy (non-hydrogen) atoms. The van der Waals surface area contributed by atoms with Crippen molar-refractivity contribution >= 4 is 44.2 Å². The number of aromatic amines is 1. The first-order chi connectivity index (χ1) is 18.4. The summed E-state index contributed by atoms with van der Waals surface area (Å²) in [5, 5.41) is 21.6.